The molecule has 0 N–H and O–H groups in total. The molecule has 1 saturated heterocycles. The molecule has 84 valence electrons. The van der Waals surface area contributed by atoms with Gasteiger partial charge < -0.3 is 0 Å². The third kappa shape index (κ3) is 2.07. The minimum atomic E-state index is -0.0702. The van der Waals surface area contributed by atoms with E-state index in [1.807, 2.05) is 13.1 Å². The Morgan fingerprint density at radius 2 is 2.38 bits per heavy atom. The molecule has 1 aromatic heterocycles. The number of hydrogen-bond donors (Lipinski definition) is 0. The number of hydrogen-bond acceptors (Lipinski definition) is 3. The Kier molecular flexibility index (Phi) is 3.21. The van der Waals surface area contributed by atoms with Gasteiger partial charge in [0.1, 0.15) is 0 Å². The molecule has 0 amide bonds. The molecule has 2 atom stereocenters. The zero-order chi connectivity index (χ0) is 11.5. The summed E-state index contributed by atoms with van der Waals surface area (Å²) in [5, 5.41) is 8.91. The Labute approximate surface area is 96.7 Å². The van der Waals surface area contributed by atoms with E-state index in [9.17, 15) is 0 Å². The highest BCUT2D eigenvalue weighted by Crippen LogP contribution is 2.30. The highest BCUT2D eigenvalue weighted by molar-refractivity contribution is 5.27. The molecule has 3 nitrogen and oxygen atoms in total. The number of pyridine rings is 1. The van der Waals surface area contributed by atoms with Gasteiger partial charge in [-0.3, -0.25) is 9.88 Å². The van der Waals surface area contributed by atoms with Crippen molar-refractivity contribution in [2.45, 2.75) is 31.7 Å². The minimum absolute atomic E-state index is 0.0702. The van der Waals surface area contributed by atoms with Crippen molar-refractivity contribution in [1.29, 1.82) is 5.26 Å². The van der Waals surface area contributed by atoms with Gasteiger partial charge in [0, 0.05) is 18.4 Å². The van der Waals surface area contributed by atoms with Crippen molar-refractivity contribution < 1.29 is 0 Å². The molecule has 0 saturated carbocycles. The average molecular weight is 215 g/mol. The molecule has 1 aromatic rings. The van der Waals surface area contributed by atoms with Crippen molar-refractivity contribution in [3.05, 3.63) is 29.6 Å². The normalized spacial score (nSPS) is 22.9. The lowest BCUT2D eigenvalue weighted by molar-refractivity contribution is 0.317. The van der Waals surface area contributed by atoms with Gasteiger partial charge in [-0.1, -0.05) is 0 Å². The molecule has 16 heavy (non-hydrogen) atoms. The van der Waals surface area contributed by atoms with Gasteiger partial charge in [-0.2, -0.15) is 5.26 Å². The molecule has 0 aliphatic carbocycles. The lowest BCUT2D eigenvalue weighted by Crippen LogP contribution is -2.17. The second-order valence-corrected chi connectivity index (χ2v) is 4.54. The number of nitrogens with zero attached hydrogens (tertiary/aromatic N) is 3. The Hall–Kier alpha value is -1.40. The van der Waals surface area contributed by atoms with Gasteiger partial charge in [0.25, 0.3) is 0 Å². The fraction of sp³-hybridized carbons (Fsp3) is 0.538. The van der Waals surface area contributed by atoms with E-state index in [0.29, 0.717) is 6.04 Å². The monoisotopic (exact) mass is 215 g/mol. The van der Waals surface area contributed by atoms with E-state index < -0.39 is 0 Å². The Morgan fingerprint density at radius 1 is 1.56 bits per heavy atom. The van der Waals surface area contributed by atoms with E-state index in [2.05, 4.69) is 29.1 Å². The first-order valence-electron chi connectivity index (χ1n) is 5.77. The third-order valence-corrected chi connectivity index (χ3v) is 3.38. The fourth-order valence-electron chi connectivity index (χ4n) is 2.30. The molecule has 3 heteroatoms. The first-order chi connectivity index (χ1) is 7.72. The molecular weight excluding hydrogens is 198 g/mol. The van der Waals surface area contributed by atoms with Crippen molar-refractivity contribution in [1.82, 2.24) is 9.88 Å². The fourth-order valence-corrected chi connectivity index (χ4v) is 2.30. The van der Waals surface area contributed by atoms with Crippen LogP contribution in [0.3, 0.4) is 0 Å². The molecule has 2 unspecified atom stereocenters. The van der Waals surface area contributed by atoms with Gasteiger partial charge >= 0.3 is 0 Å². The quantitative estimate of drug-likeness (QED) is 0.761. The van der Waals surface area contributed by atoms with E-state index in [0.717, 1.165) is 12.1 Å². The van der Waals surface area contributed by atoms with E-state index in [4.69, 9.17) is 5.26 Å². The Balaban J connectivity index is 2.26. The maximum atomic E-state index is 8.91. The van der Waals surface area contributed by atoms with Crippen LogP contribution in [0.1, 0.15) is 42.9 Å². The number of nitriles is 1. The number of rotatable bonds is 2. The lowest BCUT2D eigenvalue weighted by Gasteiger charge is -2.20. The second-order valence-electron chi connectivity index (χ2n) is 4.54. The predicted molar refractivity (Wildman–Crippen MR) is 62.9 cm³/mol. The van der Waals surface area contributed by atoms with Crippen LogP contribution in [0.25, 0.3) is 0 Å². The molecule has 2 heterocycles. The zero-order valence-electron chi connectivity index (χ0n) is 9.85. The lowest BCUT2D eigenvalue weighted by atomic mass is 9.99. The average Bonchev–Trinajstić information content (AvgIpc) is 2.74. The van der Waals surface area contributed by atoms with Crippen LogP contribution < -0.4 is 0 Å². The largest absolute Gasteiger partial charge is 0.299 e. The molecule has 2 rings (SSSR count). The van der Waals surface area contributed by atoms with Crippen LogP contribution in [0.15, 0.2) is 18.5 Å². The van der Waals surface area contributed by atoms with Crippen molar-refractivity contribution in [3.8, 4) is 6.07 Å². The van der Waals surface area contributed by atoms with E-state index in [-0.39, 0.29) is 5.92 Å². The highest BCUT2D eigenvalue weighted by atomic mass is 15.1. The minimum Gasteiger partial charge on any atom is -0.299 e. The zero-order valence-corrected chi connectivity index (χ0v) is 9.85. The van der Waals surface area contributed by atoms with Crippen LogP contribution in [-0.4, -0.2) is 23.5 Å². The summed E-state index contributed by atoms with van der Waals surface area (Å²) in [7, 11) is 2.15. The Bertz CT molecular complexity index is 408. The van der Waals surface area contributed by atoms with Gasteiger partial charge in [0.05, 0.1) is 12.0 Å². The maximum absolute atomic E-state index is 8.91. The third-order valence-electron chi connectivity index (χ3n) is 3.38. The number of aromatic nitrogens is 1. The van der Waals surface area contributed by atoms with Crippen molar-refractivity contribution in [2.24, 2.45) is 0 Å². The van der Waals surface area contributed by atoms with Crippen molar-refractivity contribution in [2.75, 3.05) is 13.6 Å². The smallest absolute Gasteiger partial charge is 0.0701 e. The first-order valence-corrected chi connectivity index (χ1v) is 5.77. The summed E-state index contributed by atoms with van der Waals surface area (Å²) in [6.07, 6.45) is 6.17. The van der Waals surface area contributed by atoms with Crippen LogP contribution >= 0.6 is 0 Å². The molecule has 0 radical (unpaired) electrons. The van der Waals surface area contributed by atoms with Crippen LogP contribution in [0.4, 0.5) is 0 Å². The summed E-state index contributed by atoms with van der Waals surface area (Å²) < 4.78 is 0. The van der Waals surface area contributed by atoms with Gasteiger partial charge in [0.15, 0.2) is 0 Å². The molecule has 1 aliphatic heterocycles. The van der Waals surface area contributed by atoms with Crippen LogP contribution in [0.5, 0.6) is 0 Å². The summed E-state index contributed by atoms with van der Waals surface area (Å²) >= 11 is 0. The van der Waals surface area contributed by atoms with Crippen LogP contribution in [0.2, 0.25) is 0 Å². The van der Waals surface area contributed by atoms with Gasteiger partial charge in [0.2, 0.25) is 0 Å². The molecule has 0 bridgehead atoms. The van der Waals surface area contributed by atoms with E-state index >= 15 is 0 Å². The van der Waals surface area contributed by atoms with Crippen LogP contribution in [0, 0.1) is 11.3 Å². The van der Waals surface area contributed by atoms with Gasteiger partial charge in [-0.05, 0) is 50.6 Å². The molecule has 0 aromatic carbocycles. The SMILES string of the molecule is CC(C#N)c1cncc(C2CCCN2C)c1. The molecule has 1 aliphatic rings. The van der Waals surface area contributed by atoms with Crippen LogP contribution in [-0.2, 0) is 0 Å². The van der Waals surface area contributed by atoms with Crippen molar-refractivity contribution in [3.63, 3.8) is 0 Å². The van der Waals surface area contributed by atoms with Gasteiger partial charge in [-0.25, -0.2) is 0 Å². The summed E-state index contributed by atoms with van der Waals surface area (Å²) in [6, 6.07) is 4.87. The summed E-state index contributed by atoms with van der Waals surface area (Å²) in [6.45, 7) is 3.07. The van der Waals surface area contributed by atoms with Gasteiger partial charge in [-0.15, -0.1) is 0 Å². The Morgan fingerprint density at radius 3 is 3.00 bits per heavy atom. The summed E-state index contributed by atoms with van der Waals surface area (Å²) in [4.78, 5) is 6.61. The molecule has 0 spiro atoms. The topological polar surface area (TPSA) is 39.9 Å². The van der Waals surface area contributed by atoms with Crippen molar-refractivity contribution >= 4 is 0 Å². The molecular formula is C13H17N3. The predicted octanol–water partition coefficient (Wildman–Crippen LogP) is 2.48. The highest BCUT2D eigenvalue weighted by Gasteiger charge is 2.23. The maximum Gasteiger partial charge on any atom is 0.0701 e. The standard InChI is InChI=1S/C13H17N3/c1-10(7-14)11-6-12(9-15-8-11)13-4-3-5-16(13)2/h6,8-10,13H,3-5H2,1-2H3. The van der Waals surface area contributed by atoms with E-state index in [1.54, 1.807) is 6.20 Å². The molecule has 1 fully saturated rings. The first kappa shape index (κ1) is 11.1. The van der Waals surface area contributed by atoms with E-state index in [1.165, 1.54) is 18.4 Å². The summed E-state index contributed by atoms with van der Waals surface area (Å²) in [5.41, 5.74) is 2.28. The number of likely N-dealkylation sites (tertiary alicyclic amines) is 1. The second kappa shape index (κ2) is 4.63. The summed E-state index contributed by atoms with van der Waals surface area (Å²) in [5.74, 6) is -0.0702.